The van der Waals surface area contributed by atoms with E-state index in [-0.39, 0.29) is 0 Å². The molecule has 0 saturated carbocycles. The lowest BCUT2D eigenvalue weighted by Gasteiger charge is -1.97. The lowest BCUT2D eigenvalue weighted by molar-refractivity contribution is 0.765. The summed E-state index contributed by atoms with van der Waals surface area (Å²) in [6.07, 6.45) is 0. The van der Waals surface area contributed by atoms with E-state index in [4.69, 9.17) is 7.85 Å². The van der Waals surface area contributed by atoms with Crippen LogP contribution in [-0.4, -0.2) is 7.85 Å². The van der Waals surface area contributed by atoms with Crippen molar-refractivity contribution in [3.05, 3.63) is 29.3 Å². The summed E-state index contributed by atoms with van der Waals surface area (Å²) in [6.45, 7) is 5.97. The Labute approximate surface area is 75.6 Å². The fourth-order valence-electron chi connectivity index (χ4n) is 1.31. The molecule has 0 unspecified atom stereocenters. The molecule has 0 spiro atoms. The SMILES string of the molecule is CC.[B]c1ccc2c(c1)CNC2. The van der Waals surface area contributed by atoms with Gasteiger partial charge in [0.25, 0.3) is 0 Å². The van der Waals surface area contributed by atoms with Gasteiger partial charge < -0.3 is 5.32 Å². The van der Waals surface area contributed by atoms with Crippen LogP contribution in [0.1, 0.15) is 25.0 Å². The molecule has 1 nitrogen and oxygen atoms in total. The predicted molar refractivity (Wildman–Crippen MR) is 53.7 cm³/mol. The summed E-state index contributed by atoms with van der Waals surface area (Å²) >= 11 is 0. The fourth-order valence-corrected chi connectivity index (χ4v) is 1.31. The maximum absolute atomic E-state index is 5.60. The van der Waals surface area contributed by atoms with Crippen molar-refractivity contribution < 1.29 is 0 Å². The molecule has 0 amide bonds. The van der Waals surface area contributed by atoms with Gasteiger partial charge in [-0.3, -0.25) is 0 Å². The zero-order valence-corrected chi connectivity index (χ0v) is 7.72. The van der Waals surface area contributed by atoms with E-state index in [0.717, 1.165) is 18.6 Å². The van der Waals surface area contributed by atoms with Crippen LogP contribution >= 0.6 is 0 Å². The predicted octanol–water partition coefficient (Wildman–Crippen LogP) is 1.11. The molecule has 0 aliphatic carbocycles. The van der Waals surface area contributed by atoms with Crippen molar-refractivity contribution in [2.75, 3.05) is 0 Å². The molecule has 0 fully saturated rings. The first-order chi connectivity index (χ1) is 5.86. The third-order valence-corrected chi connectivity index (χ3v) is 1.86. The maximum atomic E-state index is 5.60. The van der Waals surface area contributed by atoms with E-state index >= 15 is 0 Å². The summed E-state index contributed by atoms with van der Waals surface area (Å²) < 4.78 is 0. The molecule has 0 aromatic heterocycles. The van der Waals surface area contributed by atoms with Gasteiger partial charge in [-0.25, -0.2) is 0 Å². The Kier molecular flexibility index (Phi) is 3.36. The summed E-state index contributed by atoms with van der Waals surface area (Å²) in [6, 6.07) is 6.08. The van der Waals surface area contributed by atoms with E-state index in [2.05, 4.69) is 11.4 Å². The fraction of sp³-hybridized carbons (Fsp3) is 0.400. The molecule has 0 bridgehead atoms. The Balaban J connectivity index is 0.000000336. The van der Waals surface area contributed by atoms with Crippen LogP contribution in [0.15, 0.2) is 18.2 Å². The van der Waals surface area contributed by atoms with Crippen LogP contribution in [-0.2, 0) is 13.1 Å². The molecule has 1 aliphatic rings. The van der Waals surface area contributed by atoms with Crippen molar-refractivity contribution in [3.8, 4) is 0 Å². The first kappa shape index (κ1) is 9.33. The normalized spacial score (nSPS) is 13.2. The molecular formula is C10H14BN. The van der Waals surface area contributed by atoms with Crippen molar-refractivity contribution in [1.29, 1.82) is 0 Å². The third kappa shape index (κ3) is 1.89. The van der Waals surface area contributed by atoms with Crippen LogP contribution in [0.3, 0.4) is 0 Å². The second-order valence-electron chi connectivity index (χ2n) is 2.63. The van der Waals surface area contributed by atoms with Gasteiger partial charge in [-0.15, -0.1) is 0 Å². The van der Waals surface area contributed by atoms with Gasteiger partial charge in [0.15, 0.2) is 0 Å². The van der Waals surface area contributed by atoms with E-state index < -0.39 is 0 Å². The molecule has 2 rings (SSSR count). The van der Waals surface area contributed by atoms with Crippen molar-refractivity contribution in [2.45, 2.75) is 26.9 Å². The molecule has 1 aromatic rings. The van der Waals surface area contributed by atoms with Crippen molar-refractivity contribution in [1.82, 2.24) is 5.32 Å². The summed E-state index contributed by atoms with van der Waals surface area (Å²) in [7, 11) is 5.60. The van der Waals surface area contributed by atoms with Gasteiger partial charge in [0.2, 0.25) is 0 Å². The van der Waals surface area contributed by atoms with E-state index in [1.165, 1.54) is 11.1 Å². The van der Waals surface area contributed by atoms with Crippen LogP contribution in [0.4, 0.5) is 0 Å². The van der Waals surface area contributed by atoms with Gasteiger partial charge in [0.05, 0.1) is 0 Å². The van der Waals surface area contributed by atoms with Crippen LogP contribution < -0.4 is 10.8 Å². The molecule has 0 saturated heterocycles. The molecule has 2 heteroatoms. The highest BCUT2D eigenvalue weighted by Crippen LogP contribution is 2.11. The second-order valence-corrected chi connectivity index (χ2v) is 2.63. The quantitative estimate of drug-likeness (QED) is 0.559. The van der Waals surface area contributed by atoms with Gasteiger partial charge in [0.1, 0.15) is 7.85 Å². The highest BCUT2D eigenvalue weighted by atomic mass is 14.9. The first-order valence-electron chi connectivity index (χ1n) is 4.44. The van der Waals surface area contributed by atoms with Crippen molar-refractivity contribution in [3.63, 3.8) is 0 Å². The third-order valence-electron chi connectivity index (χ3n) is 1.86. The molecular weight excluding hydrogens is 145 g/mol. The summed E-state index contributed by atoms with van der Waals surface area (Å²) in [5, 5.41) is 3.26. The molecule has 1 N–H and O–H groups in total. The van der Waals surface area contributed by atoms with Gasteiger partial charge in [-0.2, -0.15) is 0 Å². The number of hydrogen-bond acceptors (Lipinski definition) is 1. The Bertz CT molecular complexity index is 258. The average molecular weight is 159 g/mol. The van der Waals surface area contributed by atoms with E-state index in [1.807, 2.05) is 26.0 Å². The molecule has 12 heavy (non-hydrogen) atoms. The molecule has 0 atom stereocenters. The second kappa shape index (κ2) is 4.32. The minimum Gasteiger partial charge on any atom is -0.309 e. The van der Waals surface area contributed by atoms with E-state index in [0.29, 0.717) is 0 Å². The average Bonchev–Trinajstić information content (AvgIpc) is 2.54. The lowest BCUT2D eigenvalue weighted by Crippen LogP contribution is -2.02. The standard InChI is InChI=1S/C8H8BN.C2H6/c9-8-2-1-6-4-10-5-7(6)3-8;1-2/h1-3,10H,4-5H2;1-2H3. The summed E-state index contributed by atoms with van der Waals surface area (Å²) in [5.74, 6) is 0. The van der Waals surface area contributed by atoms with Crippen molar-refractivity contribution >= 4 is 13.3 Å². The summed E-state index contributed by atoms with van der Waals surface area (Å²) in [4.78, 5) is 0. The number of benzene rings is 1. The molecule has 1 heterocycles. The van der Waals surface area contributed by atoms with Gasteiger partial charge >= 0.3 is 0 Å². The van der Waals surface area contributed by atoms with Gasteiger partial charge in [-0.1, -0.05) is 37.5 Å². The zero-order chi connectivity index (χ0) is 8.97. The topological polar surface area (TPSA) is 12.0 Å². The Morgan fingerprint density at radius 1 is 1.17 bits per heavy atom. The van der Waals surface area contributed by atoms with Gasteiger partial charge in [0, 0.05) is 13.1 Å². The van der Waals surface area contributed by atoms with Gasteiger partial charge in [-0.05, 0) is 11.1 Å². The molecule has 1 aromatic carbocycles. The van der Waals surface area contributed by atoms with E-state index in [1.54, 1.807) is 0 Å². The lowest BCUT2D eigenvalue weighted by atomic mass is 9.93. The number of nitrogens with one attached hydrogen (secondary N) is 1. The minimum absolute atomic E-state index is 0.863. The highest BCUT2D eigenvalue weighted by Gasteiger charge is 2.07. The number of rotatable bonds is 0. The van der Waals surface area contributed by atoms with Crippen LogP contribution in [0, 0.1) is 0 Å². The first-order valence-corrected chi connectivity index (χ1v) is 4.44. The molecule has 62 valence electrons. The Morgan fingerprint density at radius 2 is 1.83 bits per heavy atom. The molecule has 2 radical (unpaired) electrons. The molecule has 1 aliphatic heterocycles. The highest BCUT2D eigenvalue weighted by molar-refractivity contribution is 6.32. The van der Waals surface area contributed by atoms with Crippen LogP contribution in [0.25, 0.3) is 0 Å². The van der Waals surface area contributed by atoms with Crippen LogP contribution in [0.2, 0.25) is 0 Å². The Hall–Kier alpha value is -0.755. The summed E-state index contributed by atoms with van der Waals surface area (Å²) in [5.41, 5.74) is 3.59. The van der Waals surface area contributed by atoms with Crippen molar-refractivity contribution in [2.24, 2.45) is 0 Å². The number of hydrogen-bond donors (Lipinski definition) is 1. The maximum Gasteiger partial charge on any atom is 0.113 e. The largest absolute Gasteiger partial charge is 0.309 e. The van der Waals surface area contributed by atoms with E-state index in [9.17, 15) is 0 Å². The van der Waals surface area contributed by atoms with Crippen LogP contribution in [0.5, 0.6) is 0 Å². The number of fused-ring (bicyclic) bond motifs is 1. The Morgan fingerprint density at radius 3 is 2.58 bits per heavy atom. The minimum atomic E-state index is 0.863. The monoisotopic (exact) mass is 159 g/mol. The zero-order valence-electron chi connectivity index (χ0n) is 7.72. The smallest absolute Gasteiger partial charge is 0.113 e.